The van der Waals surface area contributed by atoms with Gasteiger partial charge in [-0.25, -0.2) is 0 Å². The van der Waals surface area contributed by atoms with E-state index in [1.165, 1.54) is 225 Å². The lowest BCUT2D eigenvalue weighted by molar-refractivity contribution is -0.123. The molecule has 0 aromatic carbocycles. The van der Waals surface area contributed by atoms with Crippen LogP contribution < -0.4 is 5.32 Å². The molecule has 0 aliphatic rings. The van der Waals surface area contributed by atoms with Gasteiger partial charge in [-0.3, -0.25) is 4.79 Å². The maximum atomic E-state index is 12.5. The van der Waals surface area contributed by atoms with Crippen molar-refractivity contribution in [2.45, 2.75) is 302 Å². The fourth-order valence-electron chi connectivity index (χ4n) is 8.31. The van der Waals surface area contributed by atoms with Crippen molar-refractivity contribution in [3.05, 3.63) is 36.5 Å². The van der Waals surface area contributed by atoms with Crippen molar-refractivity contribution in [2.24, 2.45) is 0 Å². The van der Waals surface area contributed by atoms with Crippen molar-refractivity contribution in [2.75, 3.05) is 6.61 Å². The Morgan fingerprint density at radius 3 is 1.03 bits per heavy atom. The zero-order valence-electron chi connectivity index (χ0n) is 40.0. The van der Waals surface area contributed by atoms with Gasteiger partial charge in [0.05, 0.1) is 18.8 Å². The number of carbonyl (C=O) groups excluding carboxylic acids is 1. The van der Waals surface area contributed by atoms with Crippen molar-refractivity contribution in [3.63, 3.8) is 0 Å². The van der Waals surface area contributed by atoms with Crippen molar-refractivity contribution in [1.82, 2.24) is 5.32 Å². The standard InChI is InChI=1S/C55H105NO3/c1-3-5-7-9-11-13-15-17-19-21-23-24-25-26-27-28-29-30-31-32-33-35-37-39-41-43-45-47-49-51-55(59)56-53(52-57)54(58)50-48-46-44-42-40-38-36-34-22-20-18-16-14-12-10-8-6-4-2/h15,17,21,23,25-26,53-54,57-58H,3-14,16,18-20,22,24,27-52H2,1-2H3,(H,56,59)/b17-15-,23-21-,26-25-. The number of aliphatic hydroxyl groups is 2. The molecule has 2 atom stereocenters. The summed E-state index contributed by atoms with van der Waals surface area (Å²) in [6.07, 6.45) is 68.3. The molecule has 0 radical (unpaired) electrons. The molecule has 0 aliphatic carbocycles. The molecule has 2 unspecified atom stereocenters. The van der Waals surface area contributed by atoms with Gasteiger partial charge in [0, 0.05) is 6.42 Å². The molecule has 0 saturated carbocycles. The lowest BCUT2D eigenvalue weighted by atomic mass is 10.0. The van der Waals surface area contributed by atoms with E-state index in [4.69, 9.17) is 0 Å². The molecule has 0 aromatic heterocycles. The Labute approximate surface area is 370 Å². The second-order valence-corrected chi connectivity index (χ2v) is 18.3. The van der Waals surface area contributed by atoms with Crippen molar-refractivity contribution >= 4 is 5.91 Å². The van der Waals surface area contributed by atoms with Crippen LogP contribution in [0.15, 0.2) is 36.5 Å². The Morgan fingerprint density at radius 2 is 0.695 bits per heavy atom. The highest BCUT2D eigenvalue weighted by atomic mass is 16.3. The summed E-state index contributed by atoms with van der Waals surface area (Å²) in [5.74, 6) is -0.0291. The number of allylic oxidation sites excluding steroid dienone is 6. The van der Waals surface area contributed by atoms with Crippen LogP contribution in [0.3, 0.4) is 0 Å². The fourth-order valence-corrected chi connectivity index (χ4v) is 8.31. The largest absolute Gasteiger partial charge is 0.394 e. The lowest BCUT2D eigenvalue weighted by Crippen LogP contribution is -2.45. The molecular formula is C55H105NO3. The lowest BCUT2D eigenvalue weighted by Gasteiger charge is -2.22. The number of hydrogen-bond donors (Lipinski definition) is 3. The Balaban J connectivity index is 3.46. The molecule has 348 valence electrons. The van der Waals surface area contributed by atoms with Crippen LogP contribution in [-0.4, -0.2) is 34.9 Å². The second-order valence-electron chi connectivity index (χ2n) is 18.3. The van der Waals surface area contributed by atoms with Gasteiger partial charge in [0.2, 0.25) is 5.91 Å². The van der Waals surface area contributed by atoms with Crippen molar-refractivity contribution in [1.29, 1.82) is 0 Å². The normalized spacial score (nSPS) is 13.1. The smallest absolute Gasteiger partial charge is 0.220 e. The van der Waals surface area contributed by atoms with E-state index < -0.39 is 12.1 Å². The molecule has 4 nitrogen and oxygen atoms in total. The number of rotatable bonds is 49. The average Bonchev–Trinajstić information content (AvgIpc) is 3.24. The quantitative estimate of drug-likeness (QED) is 0.0423. The van der Waals surface area contributed by atoms with Crippen LogP contribution in [0.1, 0.15) is 290 Å². The first kappa shape index (κ1) is 57.6. The molecule has 0 aromatic rings. The third-order valence-corrected chi connectivity index (χ3v) is 12.4. The van der Waals surface area contributed by atoms with Crippen LogP contribution in [0, 0.1) is 0 Å². The second kappa shape index (κ2) is 51.0. The minimum atomic E-state index is -0.659. The van der Waals surface area contributed by atoms with Gasteiger partial charge in [-0.15, -0.1) is 0 Å². The number of carbonyl (C=O) groups is 1. The molecule has 0 spiro atoms. The van der Waals surface area contributed by atoms with Gasteiger partial charge in [-0.05, 0) is 51.4 Å². The zero-order valence-corrected chi connectivity index (χ0v) is 40.0. The average molecular weight is 828 g/mol. The summed E-state index contributed by atoms with van der Waals surface area (Å²) in [5, 5.41) is 23.3. The van der Waals surface area contributed by atoms with Gasteiger partial charge in [0.25, 0.3) is 0 Å². The maximum absolute atomic E-state index is 12.5. The summed E-state index contributed by atoms with van der Waals surface area (Å²) >= 11 is 0. The van der Waals surface area contributed by atoms with Crippen LogP contribution in [0.2, 0.25) is 0 Å². The summed E-state index contributed by atoms with van der Waals surface area (Å²) in [4.78, 5) is 12.5. The molecule has 1 amide bonds. The zero-order chi connectivity index (χ0) is 42.8. The van der Waals surface area contributed by atoms with Gasteiger partial charge < -0.3 is 15.5 Å². The highest BCUT2D eigenvalue weighted by Crippen LogP contribution is 2.17. The van der Waals surface area contributed by atoms with Crippen molar-refractivity contribution < 1.29 is 15.0 Å². The summed E-state index contributed by atoms with van der Waals surface area (Å²) in [7, 11) is 0. The molecule has 0 fully saturated rings. The highest BCUT2D eigenvalue weighted by Gasteiger charge is 2.20. The van der Waals surface area contributed by atoms with Crippen LogP contribution in [0.25, 0.3) is 0 Å². The summed E-state index contributed by atoms with van der Waals surface area (Å²) < 4.78 is 0. The predicted molar refractivity (Wildman–Crippen MR) is 262 cm³/mol. The SMILES string of the molecule is CCCCCCC/C=C\C/C=C\C/C=C\CCCCCCCCCCCCCCCCC(=O)NC(CO)C(O)CCCCCCCCCCCCCCCCCCCC. The van der Waals surface area contributed by atoms with Gasteiger partial charge in [0.1, 0.15) is 0 Å². The number of hydrogen-bond acceptors (Lipinski definition) is 3. The van der Waals surface area contributed by atoms with E-state index in [2.05, 4.69) is 55.6 Å². The third kappa shape index (κ3) is 47.5. The van der Waals surface area contributed by atoms with E-state index in [9.17, 15) is 15.0 Å². The molecule has 4 heteroatoms. The van der Waals surface area contributed by atoms with Crippen LogP contribution in [0.5, 0.6) is 0 Å². The molecule has 0 bridgehead atoms. The summed E-state index contributed by atoms with van der Waals surface area (Å²) in [5.41, 5.74) is 0. The van der Waals surface area contributed by atoms with Crippen LogP contribution >= 0.6 is 0 Å². The van der Waals surface area contributed by atoms with E-state index in [1.54, 1.807) is 0 Å². The Morgan fingerprint density at radius 1 is 0.407 bits per heavy atom. The van der Waals surface area contributed by atoms with Crippen LogP contribution in [-0.2, 0) is 4.79 Å². The van der Waals surface area contributed by atoms with Gasteiger partial charge in [0.15, 0.2) is 0 Å². The number of amides is 1. The minimum absolute atomic E-state index is 0.0291. The summed E-state index contributed by atoms with van der Waals surface area (Å²) in [6.45, 7) is 4.37. The molecule has 59 heavy (non-hydrogen) atoms. The molecule has 0 heterocycles. The van der Waals surface area contributed by atoms with E-state index in [0.29, 0.717) is 12.8 Å². The first-order chi connectivity index (χ1) is 29.2. The van der Waals surface area contributed by atoms with Gasteiger partial charge in [-0.1, -0.05) is 269 Å². The first-order valence-corrected chi connectivity index (χ1v) is 26.7. The Kier molecular flexibility index (Phi) is 49.8. The van der Waals surface area contributed by atoms with E-state index in [1.807, 2.05) is 0 Å². The molecule has 3 N–H and O–H groups in total. The molecule has 0 rings (SSSR count). The summed E-state index contributed by atoms with van der Waals surface area (Å²) in [6, 6.07) is -0.536. The minimum Gasteiger partial charge on any atom is -0.394 e. The molecule has 0 aliphatic heterocycles. The number of aliphatic hydroxyl groups excluding tert-OH is 2. The Hall–Kier alpha value is -1.39. The molecule has 0 saturated heterocycles. The first-order valence-electron chi connectivity index (χ1n) is 26.7. The number of nitrogens with one attached hydrogen (secondary N) is 1. The third-order valence-electron chi connectivity index (χ3n) is 12.4. The Bertz CT molecular complexity index is 897. The topological polar surface area (TPSA) is 69.6 Å². The van der Waals surface area contributed by atoms with Crippen LogP contribution in [0.4, 0.5) is 0 Å². The fraction of sp³-hybridized carbons (Fsp3) is 0.873. The molecular weight excluding hydrogens is 723 g/mol. The van der Waals surface area contributed by atoms with E-state index in [0.717, 1.165) is 38.5 Å². The maximum Gasteiger partial charge on any atom is 0.220 e. The predicted octanol–water partition coefficient (Wildman–Crippen LogP) is 17.3. The van der Waals surface area contributed by atoms with Gasteiger partial charge >= 0.3 is 0 Å². The monoisotopic (exact) mass is 828 g/mol. The van der Waals surface area contributed by atoms with E-state index >= 15 is 0 Å². The van der Waals surface area contributed by atoms with E-state index in [-0.39, 0.29) is 12.5 Å². The van der Waals surface area contributed by atoms with Gasteiger partial charge in [-0.2, -0.15) is 0 Å². The van der Waals surface area contributed by atoms with Crippen molar-refractivity contribution in [3.8, 4) is 0 Å². The highest BCUT2D eigenvalue weighted by molar-refractivity contribution is 5.76. The number of unbranched alkanes of at least 4 members (excludes halogenated alkanes) is 36.